The van der Waals surface area contributed by atoms with Gasteiger partial charge in [-0.15, -0.1) is 0 Å². The first-order chi connectivity index (χ1) is 12.8. The van der Waals surface area contributed by atoms with Crippen molar-refractivity contribution in [1.82, 2.24) is 10.2 Å². The topological polar surface area (TPSA) is 114 Å². The summed E-state index contributed by atoms with van der Waals surface area (Å²) in [6.07, 6.45) is 1.85. The van der Waals surface area contributed by atoms with Gasteiger partial charge in [-0.1, -0.05) is 12.1 Å². The summed E-state index contributed by atoms with van der Waals surface area (Å²) in [5.74, 6) is -0.931. The van der Waals surface area contributed by atoms with Gasteiger partial charge in [0.15, 0.2) is 0 Å². The molecule has 2 heterocycles. The fraction of sp³-hybridized carbons (Fsp3) is 0.389. The molecular formula is C18H20N2O6S. The van der Waals surface area contributed by atoms with E-state index in [1.807, 2.05) is 0 Å². The maximum Gasteiger partial charge on any atom is 0.258 e. The second-order valence-corrected chi connectivity index (χ2v) is 8.85. The van der Waals surface area contributed by atoms with Gasteiger partial charge in [-0.3, -0.25) is 14.4 Å². The van der Waals surface area contributed by atoms with Gasteiger partial charge in [0.1, 0.15) is 27.2 Å². The van der Waals surface area contributed by atoms with Crippen LogP contribution >= 0.6 is 0 Å². The van der Waals surface area contributed by atoms with Crippen LogP contribution in [0, 0.1) is 0 Å². The molecule has 0 atom stereocenters. The molecule has 0 saturated carbocycles. The maximum absolute atomic E-state index is 12.4. The van der Waals surface area contributed by atoms with E-state index in [1.165, 1.54) is 4.90 Å². The number of amides is 2. The number of carbonyl (C=O) groups is 2. The van der Waals surface area contributed by atoms with E-state index in [9.17, 15) is 22.8 Å². The number of likely N-dealkylation sites (N-methyl/N-ethyl adjacent to an activating group) is 1. The molecule has 1 aromatic heterocycles. The molecule has 0 radical (unpaired) electrons. The minimum absolute atomic E-state index is 0.0553. The number of benzene rings is 1. The van der Waals surface area contributed by atoms with Gasteiger partial charge < -0.3 is 14.6 Å². The molecule has 2 amide bonds. The number of hydrogen-bond acceptors (Lipinski definition) is 6. The number of sulfone groups is 1. The summed E-state index contributed by atoms with van der Waals surface area (Å²) < 4.78 is 28.3. The molecule has 27 heavy (non-hydrogen) atoms. The van der Waals surface area contributed by atoms with Crippen LogP contribution in [0.1, 0.15) is 23.2 Å². The molecule has 0 spiro atoms. The van der Waals surface area contributed by atoms with Crippen LogP contribution in [-0.4, -0.2) is 56.3 Å². The molecule has 1 saturated heterocycles. The molecule has 9 heteroatoms. The van der Waals surface area contributed by atoms with Crippen molar-refractivity contribution < 1.29 is 22.4 Å². The molecule has 1 N–H and O–H groups in total. The number of nitrogens with zero attached hydrogens (tertiary/aromatic N) is 1. The van der Waals surface area contributed by atoms with Crippen molar-refractivity contribution in [2.45, 2.75) is 18.9 Å². The molecule has 1 aromatic carbocycles. The highest BCUT2D eigenvalue weighted by atomic mass is 32.2. The summed E-state index contributed by atoms with van der Waals surface area (Å²) in [6, 6.07) is 6.40. The Balaban J connectivity index is 1.63. The number of nitrogens with one attached hydrogen (secondary N) is 1. The zero-order valence-electron chi connectivity index (χ0n) is 14.8. The van der Waals surface area contributed by atoms with Crippen LogP contribution in [0.3, 0.4) is 0 Å². The number of rotatable bonds is 4. The van der Waals surface area contributed by atoms with Crippen molar-refractivity contribution in [2.24, 2.45) is 0 Å². The summed E-state index contributed by atoms with van der Waals surface area (Å²) in [4.78, 5) is 38.4. The lowest BCUT2D eigenvalue weighted by atomic mass is 10.1. The first-order valence-corrected chi connectivity index (χ1v) is 10.4. The third-order valence-corrected chi connectivity index (χ3v) is 6.51. The van der Waals surface area contributed by atoms with E-state index in [-0.39, 0.29) is 40.9 Å². The van der Waals surface area contributed by atoms with Gasteiger partial charge in [-0.25, -0.2) is 8.42 Å². The molecule has 0 bridgehead atoms. The Hall–Kier alpha value is -2.68. The van der Waals surface area contributed by atoms with E-state index in [2.05, 4.69) is 5.32 Å². The largest absolute Gasteiger partial charge is 0.463 e. The normalized spacial score (nSPS) is 16.8. The summed E-state index contributed by atoms with van der Waals surface area (Å²) in [5.41, 5.74) is -0.261. The maximum atomic E-state index is 12.4. The highest BCUT2D eigenvalue weighted by Gasteiger charge is 2.28. The zero-order chi connectivity index (χ0) is 19.6. The molecule has 144 valence electrons. The van der Waals surface area contributed by atoms with Crippen molar-refractivity contribution in [1.29, 1.82) is 0 Å². The van der Waals surface area contributed by atoms with Crippen LogP contribution in [0.15, 0.2) is 39.7 Å². The van der Waals surface area contributed by atoms with Crippen molar-refractivity contribution >= 4 is 32.6 Å². The van der Waals surface area contributed by atoms with Gasteiger partial charge in [-0.05, 0) is 25.0 Å². The minimum atomic E-state index is -3.01. The third-order valence-electron chi connectivity index (χ3n) is 4.79. The Morgan fingerprint density at radius 2 is 1.89 bits per heavy atom. The third kappa shape index (κ3) is 4.19. The van der Waals surface area contributed by atoms with Crippen LogP contribution in [0.2, 0.25) is 0 Å². The van der Waals surface area contributed by atoms with Crippen molar-refractivity contribution in [3.63, 3.8) is 0 Å². The highest BCUT2D eigenvalue weighted by Crippen LogP contribution is 2.17. The van der Waals surface area contributed by atoms with Crippen LogP contribution in [0.25, 0.3) is 11.0 Å². The number of carbonyl (C=O) groups excluding carboxylic acids is 2. The van der Waals surface area contributed by atoms with Gasteiger partial charge >= 0.3 is 0 Å². The van der Waals surface area contributed by atoms with Crippen LogP contribution in [-0.2, 0) is 14.6 Å². The highest BCUT2D eigenvalue weighted by molar-refractivity contribution is 7.91. The van der Waals surface area contributed by atoms with Crippen LogP contribution in [0.4, 0.5) is 0 Å². The Bertz CT molecular complexity index is 1030. The van der Waals surface area contributed by atoms with Crippen molar-refractivity contribution in [3.05, 3.63) is 46.3 Å². The SMILES string of the molecule is CN(C(=O)CNC(=O)c1coc2ccccc2c1=O)C1CCS(=O)(=O)CC1. The lowest BCUT2D eigenvalue weighted by molar-refractivity contribution is -0.131. The smallest absolute Gasteiger partial charge is 0.258 e. The molecule has 1 fully saturated rings. The molecule has 2 aromatic rings. The average Bonchev–Trinajstić information content (AvgIpc) is 2.66. The van der Waals surface area contributed by atoms with Crippen LogP contribution < -0.4 is 10.7 Å². The lowest BCUT2D eigenvalue weighted by Crippen LogP contribution is -2.46. The van der Waals surface area contributed by atoms with E-state index >= 15 is 0 Å². The predicted octanol–water partition coefficient (Wildman–Crippen LogP) is 0.558. The van der Waals surface area contributed by atoms with Gasteiger partial charge in [0, 0.05) is 13.1 Å². The van der Waals surface area contributed by atoms with Crippen molar-refractivity contribution in [2.75, 3.05) is 25.1 Å². The van der Waals surface area contributed by atoms with E-state index in [1.54, 1.807) is 31.3 Å². The monoisotopic (exact) mass is 392 g/mol. The standard InChI is InChI=1S/C18H20N2O6S/c1-20(12-6-8-27(24,25)9-7-12)16(21)10-19-18(23)14-11-26-15-5-3-2-4-13(15)17(14)22/h2-5,11-12H,6-10H2,1H3,(H,19,23). The van der Waals surface area contributed by atoms with E-state index in [4.69, 9.17) is 4.42 Å². The average molecular weight is 392 g/mol. The van der Waals surface area contributed by atoms with E-state index < -0.39 is 21.2 Å². The lowest BCUT2D eigenvalue weighted by Gasteiger charge is -2.31. The number of hydrogen-bond donors (Lipinski definition) is 1. The van der Waals surface area contributed by atoms with E-state index in [0.29, 0.717) is 18.4 Å². The first kappa shape index (κ1) is 19.1. The fourth-order valence-corrected chi connectivity index (χ4v) is 4.55. The van der Waals surface area contributed by atoms with Gasteiger partial charge in [0.25, 0.3) is 5.91 Å². The number of fused-ring (bicyclic) bond motifs is 1. The molecule has 8 nitrogen and oxygen atoms in total. The van der Waals surface area contributed by atoms with Crippen LogP contribution in [0.5, 0.6) is 0 Å². The molecule has 3 rings (SSSR count). The van der Waals surface area contributed by atoms with Gasteiger partial charge in [-0.2, -0.15) is 0 Å². The quantitative estimate of drug-likeness (QED) is 0.813. The Labute approximate surface area is 156 Å². The summed E-state index contributed by atoms with van der Waals surface area (Å²) in [7, 11) is -1.43. The zero-order valence-corrected chi connectivity index (χ0v) is 15.6. The molecule has 1 aliphatic rings. The van der Waals surface area contributed by atoms with Crippen molar-refractivity contribution in [3.8, 4) is 0 Å². The summed E-state index contributed by atoms with van der Waals surface area (Å²) in [6.45, 7) is -0.287. The second-order valence-electron chi connectivity index (χ2n) is 6.54. The summed E-state index contributed by atoms with van der Waals surface area (Å²) >= 11 is 0. The second kappa shape index (κ2) is 7.51. The number of para-hydroxylation sites is 1. The summed E-state index contributed by atoms with van der Waals surface area (Å²) in [5, 5.41) is 2.72. The van der Waals surface area contributed by atoms with Gasteiger partial charge in [0.05, 0.1) is 23.4 Å². The molecule has 0 unspecified atom stereocenters. The fourth-order valence-electron chi connectivity index (χ4n) is 3.08. The Morgan fingerprint density at radius 3 is 2.59 bits per heavy atom. The molecule has 0 aliphatic carbocycles. The Morgan fingerprint density at radius 1 is 1.22 bits per heavy atom. The minimum Gasteiger partial charge on any atom is -0.463 e. The first-order valence-electron chi connectivity index (χ1n) is 8.53. The Kier molecular flexibility index (Phi) is 5.31. The molecule has 1 aliphatic heterocycles. The van der Waals surface area contributed by atoms with Gasteiger partial charge in [0.2, 0.25) is 11.3 Å². The molecular weight excluding hydrogens is 372 g/mol. The van der Waals surface area contributed by atoms with E-state index in [0.717, 1.165) is 6.26 Å². The predicted molar refractivity (Wildman–Crippen MR) is 99.3 cm³/mol.